The summed E-state index contributed by atoms with van der Waals surface area (Å²) < 4.78 is 8.69. The summed E-state index contributed by atoms with van der Waals surface area (Å²) in [5, 5.41) is 0. The number of hydrogen-bond acceptors (Lipinski definition) is 2. The van der Waals surface area contributed by atoms with E-state index >= 15 is 0 Å². The van der Waals surface area contributed by atoms with Gasteiger partial charge in [0.2, 0.25) is 0 Å². The van der Waals surface area contributed by atoms with Crippen LogP contribution in [0.3, 0.4) is 0 Å². The van der Waals surface area contributed by atoms with Crippen molar-refractivity contribution >= 4 is 7.69 Å². The number of hydrogen-bond donors (Lipinski definition) is 0. The first-order valence-electron chi connectivity index (χ1n) is 1.29. The van der Waals surface area contributed by atoms with Gasteiger partial charge in [0, 0.05) is 14.2 Å². The molecule has 0 rings (SSSR count). The second-order valence-electron chi connectivity index (χ2n) is 0.568. The molecule has 0 N–H and O–H groups in total. The van der Waals surface area contributed by atoms with Crippen LogP contribution in [0.1, 0.15) is 0 Å². The van der Waals surface area contributed by atoms with E-state index in [2.05, 4.69) is 9.31 Å². The third kappa shape index (κ3) is 8.86. The normalized spacial score (nSPS) is 6.33. The maximum atomic E-state index is 4.34. The fourth-order valence-electron chi connectivity index (χ4n) is 0.0962. The highest BCUT2D eigenvalue weighted by Crippen LogP contribution is 1.55. The van der Waals surface area contributed by atoms with Crippen molar-refractivity contribution in [1.29, 1.82) is 0 Å². The van der Waals surface area contributed by atoms with Crippen molar-refractivity contribution in [3.8, 4) is 0 Å². The first kappa shape index (κ1) is 9.55. The Morgan fingerprint density at radius 2 is 1.50 bits per heavy atom. The van der Waals surface area contributed by atoms with Crippen molar-refractivity contribution in [1.82, 2.24) is 0 Å². The Labute approximate surface area is 44.5 Å². The van der Waals surface area contributed by atoms with Crippen molar-refractivity contribution in [2.45, 2.75) is 0 Å². The SMILES string of the molecule is CO[B]OC.[Cl-]. The van der Waals surface area contributed by atoms with E-state index in [0.29, 0.717) is 0 Å². The highest BCUT2D eigenvalue weighted by molar-refractivity contribution is 6.17. The first-order valence-corrected chi connectivity index (χ1v) is 1.29. The molecular weight excluding hydrogens is 102 g/mol. The smallest absolute Gasteiger partial charge is 0.487 e. The van der Waals surface area contributed by atoms with Crippen LogP contribution in [-0.2, 0) is 9.31 Å². The molecule has 2 nitrogen and oxygen atoms in total. The molecule has 0 unspecified atom stereocenters. The summed E-state index contributed by atoms with van der Waals surface area (Å²) >= 11 is 0. The first-order chi connectivity index (χ1) is 2.41. The minimum atomic E-state index is 0. The Bertz CT molecular complexity index is 19.0. The van der Waals surface area contributed by atoms with Crippen molar-refractivity contribution in [3.05, 3.63) is 0 Å². The van der Waals surface area contributed by atoms with Crippen LogP contribution in [0.25, 0.3) is 0 Å². The van der Waals surface area contributed by atoms with Crippen molar-refractivity contribution in [2.75, 3.05) is 14.2 Å². The Morgan fingerprint density at radius 3 is 1.50 bits per heavy atom. The van der Waals surface area contributed by atoms with Gasteiger partial charge in [0.1, 0.15) is 0 Å². The zero-order valence-electron chi connectivity index (χ0n) is 3.77. The van der Waals surface area contributed by atoms with Gasteiger partial charge >= 0.3 is 7.69 Å². The predicted octanol–water partition coefficient (Wildman–Crippen LogP) is -3.18. The zero-order chi connectivity index (χ0) is 4.12. The van der Waals surface area contributed by atoms with Gasteiger partial charge in [0.15, 0.2) is 0 Å². The monoisotopic (exact) mass is 108 g/mol. The summed E-state index contributed by atoms with van der Waals surface area (Å²) in [5.41, 5.74) is 0. The largest absolute Gasteiger partial charge is 1.00 e. The Kier molecular flexibility index (Phi) is 14.3. The van der Waals surface area contributed by atoms with E-state index in [1.807, 2.05) is 0 Å². The third-order valence-electron chi connectivity index (χ3n) is 0.192. The summed E-state index contributed by atoms with van der Waals surface area (Å²) in [7, 11) is 4.31. The van der Waals surface area contributed by atoms with E-state index in [0.717, 1.165) is 0 Å². The van der Waals surface area contributed by atoms with E-state index in [-0.39, 0.29) is 12.4 Å². The summed E-state index contributed by atoms with van der Waals surface area (Å²) in [6.45, 7) is 0. The van der Waals surface area contributed by atoms with Gasteiger partial charge in [-0.25, -0.2) is 0 Å². The van der Waals surface area contributed by atoms with Gasteiger partial charge in [-0.1, -0.05) is 0 Å². The Balaban J connectivity index is 0. The van der Waals surface area contributed by atoms with Crippen molar-refractivity contribution in [2.24, 2.45) is 0 Å². The second kappa shape index (κ2) is 8.99. The average molecular weight is 108 g/mol. The van der Waals surface area contributed by atoms with Crippen LogP contribution in [-0.4, -0.2) is 21.9 Å². The molecule has 6 heavy (non-hydrogen) atoms. The average Bonchev–Trinajstić information content (AvgIpc) is 1.41. The maximum Gasteiger partial charge on any atom is 0.487 e. The lowest BCUT2D eigenvalue weighted by Crippen LogP contribution is -3.00. The Hall–Kier alpha value is 0.275. The molecular formula is C2H6BClO2-. The van der Waals surface area contributed by atoms with Crippen LogP contribution in [0, 0.1) is 0 Å². The van der Waals surface area contributed by atoms with Gasteiger partial charge in [-0.15, -0.1) is 0 Å². The third-order valence-corrected chi connectivity index (χ3v) is 0.192. The molecule has 0 aromatic carbocycles. The van der Waals surface area contributed by atoms with E-state index in [1.165, 1.54) is 21.9 Å². The summed E-state index contributed by atoms with van der Waals surface area (Å²) in [6.07, 6.45) is 0. The molecule has 0 saturated heterocycles. The standard InChI is InChI=1S/C2H6BO2.ClH/c1-4-3-5-2;/h1-2H3;1H/p-1. The maximum absolute atomic E-state index is 4.34. The van der Waals surface area contributed by atoms with E-state index < -0.39 is 0 Å². The van der Waals surface area contributed by atoms with Gasteiger partial charge < -0.3 is 21.7 Å². The zero-order valence-corrected chi connectivity index (χ0v) is 4.53. The van der Waals surface area contributed by atoms with Gasteiger partial charge in [-0.05, 0) is 0 Å². The molecule has 0 aliphatic heterocycles. The number of rotatable bonds is 2. The molecule has 37 valence electrons. The van der Waals surface area contributed by atoms with Gasteiger partial charge in [-0.3, -0.25) is 0 Å². The fourth-order valence-corrected chi connectivity index (χ4v) is 0.0962. The molecule has 0 atom stereocenters. The lowest BCUT2D eigenvalue weighted by Gasteiger charge is -1.82. The van der Waals surface area contributed by atoms with Crippen molar-refractivity contribution < 1.29 is 21.7 Å². The van der Waals surface area contributed by atoms with Crippen LogP contribution in [0.4, 0.5) is 0 Å². The Morgan fingerprint density at radius 1 is 1.17 bits per heavy atom. The van der Waals surface area contributed by atoms with Crippen molar-refractivity contribution in [3.63, 3.8) is 0 Å². The molecule has 0 spiro atoms. The summed E-state index contributed by atoms with van der Waals surface area (Å²) in [4.78, 5) is 0. The molecule has 0 bridgehead atoms. The fraction of sp³-hybridized carbons (Fsp3) is 1.00. The van der Waals surface area contributed by atoms with Crippen LogP contribution < -0.4 is 12.4 Å². The topological polar surface area (TPSA) is 18.5 Å². The molecule has 1 radical (unpaired) electrons. The molecule has 0 aromatic heterocycles. The predicted molar refractivity (Wildman–Crippen MR) is 19.8 cm³/mol. The highest BCUT2D eigenvalue weighted by Gasteiger charge is 1.75. The second-order valence-corrected chi connectivity index (χ2v) is 0.568. The van der Waals surface area contributed by atoms with E-state index in [9.17, 15) is 0 Å². The molecule has 4 heteroatoms. The van der Waals surface area contributed by atoms with Gasteiger partial charge in [-0.2, -0.15) is 0 Å². The van der Waals surface area contributed by atoms with Crippen LogP contribution in [0.2, 0.25) is 0 Å². The molecule has 0 saturated carbocycles. The van der Waals surface area contributed by atoms with Gasteiger partial charge in [0.25, 0.3) is 0 Å². The lowest BCUT2D eigenvalue weighted by atomic mass is 10.4. The van der Waals surface area contributed by atoms with E-state index in [1.54, 1.807) is 0 Å². The van der Waals surface area contributed by atoms with Crippen LogP contribution in [0.5, 0.6) is 0 Å². The minimum absolute atomic E-state index is 0. The lowest BCUT2D eigenvalue weighted by molar-refractivity contribution is -0.00000204. The molecule has 0 aliphatic rings. The number of halogens is 1. The van der Waals surface area contributed by atoms with Crippen LogP contribution in [0.15, 0.2) is 0 Å². The molecule has 0 aliphatic carbocycles. The molecule has 0 heterocycles. The van der Waals surface area contributed by atoms with Gasteiger partial charge in [0.05, 0.1) is 0 Å². The summed E-state index contributed by atoms with van der Waals surface area (Å²) in [5.74, 6) is 0. The molecule has 0 aromatic rings. The molecule has 0 amide bonds. The highest BCUT2D eigenvalue weighted by atomic mass is 35.5. The minimum Gasteiger partial charge on any atom is -1.00 e. The molecule has 0 fully saturated rings. The van der Waals surface area contributed by atoms with E-state index in [4.69, 9.17) is 0 Å². The summed E-state index contributed by atoms with van der Waals surface area (Å²) in [6, 6.07) is 0. The quantitative estimate of drug-likeness (QED) is 0.347. The van der Waals surface area contributed by atoms with Crippen LogP contribution >= 0.6 is 0 Å².